The Morgan fingerprint density at radius 3 is 2.60 bits per heavy atom. The van der Waals surface area contributed by atoms with E-state index < -0.39 is 11.7 Å². The van der Waals surface area contributed by atoms with E-state index in [1.54, 1.807) is 4.90 Å². The molecular formula is C13H18F3N3S. The fourth-order valence-electron chi connectivity index (χ4n) is 1.75. The van der Waals surface area contributed by atoms with Crippen molar-refractivity contribution in [3.8, 4) is 0 Å². The van der Waals surface area contributed by atoms with Gasteiger partial charge in [-0.05, 0) is 18.1 Å². The van der Waals surface area contributed by atoms with Crippen LogP contribution >= 0.6 is 12.2 Å². The molecule has 7 heteroatoms. The first-order valence-electron chi connectivity index (χ1n) is 6.26. The number of hydrogen-bond acceptors (Lipinski definition) is 3. The lowest BCUT2D eigenvalue weighted by atomic mass is 10.2. The lowest BCUT2D eigenvalue weighted by Crippen LogP contribution is -2.31. The van der Waals surface area contributed by atoms with Crippen LogP contribution < -0.4 is 10.6 Å². The number of nitrogens with two attached hydrogens (primary N) is 1. The van der Waals surface area contributed by atoms with Gasteiger partial charge in [0.1, 0.15) is 5.82 Å². The van der Waals surface area contributed by atoms with Crippen molar-refractivity contribution in [3.63, 3.8) is 0 Å². The van der Waals surface area contributed by atoms with Gasteiger partial charge in [0, 0.05) is 25.7 Å². The van der Waals surface area contributed by atoms with Crippen LogP contribution in [-0.4, -0.2) is 23.1 Å². The molecule has 0 fully saturated rings. The molecule has 0 radical (unpaired) electrons. The molecule has 0 saturated carbocycles. The Morgan fingerprint density at radius 1 is 1.45 bits per heavy atom. The first kappa shape index (κ1) is 16.7. The molecule has 0 bridgehead atoms. The number of rotatable bonds is 6. The molecule has 0 aromatic carbocycles. The van der Waals surface area contributed by atoms with Gasteiger partial charge in [-0.25, -0.2) is 4.98 Å². The average Bonchev–Trinajstić information content (AvgIpc) is 2.33. The largest absolute Gasteiger partial charge is 0.416 e. The van der Waals surface area contributed by atoms with E-state index in [2.05, 4.69) is 4.98 Å². The van der Waals surface area contributed by atoms with Gasteiger partial charge >= 0.3 is 6.18 Å². The molecule has 2 N–H and O–H groups in total. The lowest BCUT2D eigenvalue weighted by molar-refractivity contribution is -0.137. The number of aromatic nitrogens is 1. The molecule has 0 aliphatic heterocycles. The molecule has 1 aromatic heterocycles. The fraction of sp³-hybridized carbons (Fsp3) is 0.538. The van der Waals surface area contributed by atoms with Crippen molar-refractivity contribution in [2.24, 2.45) is 11.7 Å². The van der Waals surface area contributed by atoms with Crippen LogP contribution in [0.3, 0.4) is 0 Å². The molecule has 0 unspecified atom stereocenters. The van der Waals surface area contributed by atoms with Gasteiger partial charge in [-0.2, -0.15) is 13.2 Å². The summed E-state index contributed by atoms with van der Waals surface area (Å²) in [6.07, 6.45) is -2.75. The van der Waals surface area contributed by atoms with Crippen molar-refractivity contribution in [2.75, 3.05) is 18.0 Å². The van der Waals surface area contributed by atoms with E-state index in [-0.39, 0.29) is 5.92 Å². The molecular weight excluding hydrogens is 287 g/mol. The minimum Gasteiger partial charge on any atom is -0.393 e. The summed E-state index contributed by atoms with van der Waals surface area (Å²) in [6, 6.07) is 2.02. The second kappa shape index (κ2) is 6.88. The number of halogens is 3. The highest BCUT2D eigenvalue weighted by molar-refractivity contribution is 7.80. The zero-order valence-corrected chi connectivity index (χ0v) is 12.3. The molecule has 0 aliphatic rings. The number of alkyl halides is 3. The summed E-state index contributed by atoms with van der Waals surface area (Å²) in [5.74, 6) is 0.586. The first-order valence-corrected chi connectivity index (χ1v) is 6.67. The Morgan fingerprint density at radius 2 is 2.10 bits per heavy atom. The summed E-state index contributed by atoms with van der Waals surface area (Å²) in [4.78, 5) is 6.14. The highest BCUT2D eigenvalue weighted by atomic mass is 32.1. The van der Waals surface area contributed by atoms with E-state index in [1.165, 1.54) is 6.20 Å². The summed E-state index contributed by atoms with van der Waals surface area (Å²) < 4.78 is 38.2. The molecule has 0 amide bonds. The quantitative estimate of drug-likeness (QED) is 0.819. The maximum Gasteiger partial charge on any atom is 0.416 e. The van der Waals surface area contributed by atoms with Crippen molar-refractivity contribution in [1.29, 1.82) is 0 Å². The second-order valence-corrected chi connectivity index (χ2v) is 5.48. The van der Waals surface area contributed by atoms with Crippen molar-refractivity contribution >= 4 is 23.0 Å². The Kier molecular flexibility index (Phi) is 5.74. The van der Waals surface area contributed by atoms with E-state index in [9.17, 15) is 13.2 Å². The first-order chi connectivity index (χ1) is 9.20. The molecule has 0 atom stereocenters. The van der Waals surface area contributed by atoms with Gasteiger partial charge in [0.05, 0.1) is 10.6 Å². The van der Waals surface area contributed by atoms with Gasteiger partial charge in [-0.15, -0.1) is 0 Å². The third-order valence-corrected chi connectivity index (χ3v) is 2.81. The minimum atomic E-state index is -4.37. The molecule has 1 aromatic rings. The summed E-state index contributed by atoms with van der Waals surface area (Å²) >= 11 is 4.81. The van der Waals surface area contributed by atoms with Crippen LogP contribution in [0.25, 0.3) is 0 Å². The maximum atomic E-state index is 12.7. The lowest BCUT2D eigenvalue weighted by Gasteiger charge is -2.26. The molecule has 3 nitrogen and oxygen atoms in total. The second-order valence-electron chi connectivity index (χ2n) is 4.96. The summed E-state index contributed by atoms with van der Waals surface area (Å²) in [6.45, 7) is 5.03. The van der Waals surface area contributed by atoms with Gasteiger partial charge in [-0.3, -0.25) is 0 Å². The van der Waals surface area contributed by atoms with E-state index in [0.717, 1.165) is 12.1 Å². The van der Waals surface area contributed by atoms with Gasteiger partial charge < -0.3 is 10.6 Å². The Hall–Kier alpha value is -1.37. The van der Waals surface area contributed by atoms with Gasteiger partial charge in [0.2, 0.25) is 0 Å². The van der Waals surface area contributed by atoms with Crippen LogP contribution in [0, 0.1) is 5.92 Å². The molecule has 1 heterocycles. The fourth-order valence-corrected chi connectivity index (χ4v) is 1.84. The normalized spacial score (nSPS) is 11.7. The summed E-state index contributed by atoms with van der Waals surface area (Å²) in [5.41, 5.74) is 4.75. The number of hydrogen-bond donors (Lipinski definition) is 1. The van der Waals surface area contributed by atoms with Crippen LogP contribution in [0.2, 0.25) is 0 Å². The van der Waals surface area contributed by atoms with Crippen molar-refractivity contribution < 1.29 is 13.2 Å². The minimum absolute atomic E-state index is 0.290. The number of anilines is 1. The highest BCUT2D eigenvalue weighted by Crippen LogP contribution is 2.30. The average molecular weight is 305 g/mol. The van der Waals surface area contributed by atoms with Crippen molar-refractivity contribution in [1.82, 2.24) is 4.98 Å². The van der Waals surface area contributed by atoms with Crippen LogP contribution in [0.5, 0.6) is 0 Å². The maximum absolute atomic E-state index is 12.7. The van der Waals surface area contributed by atoms with Gasteiger partial charge in [-0.1, -0.05) is 26.1 Å². The van der Waals surface area contributed by atoms with Crippen LogP contribution in [0.15, 0.2) is 18.3 Å². The molecule has 112 valence electrons. The number of nitrogens with zero attached hydrogens (tertiary/aromatic N) is 2. The van der Waals surface area contributed by atoms with E-state index >= 15 is 0 Å². The summed E-state index contributed by atoms with van der Waals surface area (Å²) in [7, 11) is 0. The molecule has 1 rings (SSSR count). The SMILES string of the molecule is CC(C)CN(CCC(N)=S)c1cc(C(F)(F)F)ccn1. The zero-order chi connectivity index (χ0) is 15.3. The predicted molar refractivity (Wildman–Crippen MR) is 77.7 cm³/mol. The van der Waals surface area contributed by atoms with Crippen molar-refractivity contribution in [2.45, 2.75) is 26.4 Å². The molecule has 0 saturated heterocycles. The Bertz CT molecular complexity index is 460. The zero-order valence-electron chi connectivity index (χ0n) is 11.4. The Labute approximate surface area is 122 Å². The number of pyridine rings is 1. The predicted octanol–water partition coefficient (Wildman–Crippen LogP) is 3.24. The molecule has 0 spiro atoms. The topological polar surface area (TPSA) is 42.1 Å². The van der Waals surface area contributed by atoms with E-state index in [4.69, 9.17) is 18.0 Å². The molecule has 0 aliphatic carbocycles. The summed E-state index contributed by atoms with van der Waals surface area (Å²) in [5, 5.41) is 0. The van der Waals surface area contributed by atoms with E-state index in [0.29, 0.717) is 30.3 Å². The highest BCUT2D eigenvalue weighted by Gasteiger charge is 2.31. The third kappa shape index (κ3) is 5.32. The molecule has 20 heavy (non-hydrogen) atoms. The number of thiocarbonyl (C=S) groups is 1. The monoisotopic (exact) mass is 305 g/mol. The van der Waals surface area contributed by atoms with Crippen LogP contribution in [0.4, 0.5) is 19.0 Å². The standard InChI is InChI=1S/C13H18F3N3S/c1-9(2)8-19(6-4-11(17)20)12-7-10(3-5-18-12)13(14,15)16/h3,5,7,9H,4,6,8H2,1-2H3,(H2,17,20). The van der Waals surface area contributed by atoms with Crippen LogP contribution in [-0.2, 0) is 6.18 Å². The Balaban J connectivity index is 2.97. The smallest absolute Gasteiger partial charge is 0.393 e. The van der Waals surface area contributed by atoms with Crippen LogP contribution in [0.1, 0.15) is 25.8 Å². The van der Waals surface area contributed by atoms with E-state index in [1.807, 2.05) is 13.8 Å². The van der Waals surface area contributed by atoms with Crippen molar-refractivity contribution in [3.05, 3.63) is 23.9 Å². The van der Waals surface area contributed by atoms with Gasteiger partial charge in [0.25, 0.3) is 0 Å². The van der Waals surface area contributed by atoms with Gasteiger partial charge in [0.15, 0.2) is 0 Å². The third-order valence-electron chi connectivity index (χ3n) is 2.61.